The molecule has 18 heavy (non-hydrogen) atoms. The fourth-order valence-corrected chi connectivity index (χ4v) is 1.78. The van der Waals surface area contributed by atoms with E-state index in [2.05, 4.69) is 0 Å². The van der Waals surface area contributed by atoms with Gasteiger partial charge in [-0.3, -0.25) is 10.1 Å². The summed E-state index contributed by atoms with van der Waals surface area (Å²) in [4.78, 5) is 21.8. The topological polar surface area (TPSA) is 78.7 Å². The van der Waals surface area contributed by atoms with E-state index >= 15 is 0 Å². The van der Waals surface area contributed by atoms with Gasteiger partial charge in [-0.2, -0.15) is 0 Å². The van der Waals surface area contributed by atoms with E-state index in [0.717, 1.165) is 0 Å². The van der Waals surface area contributed by atoms with Gasteiger partial charge in [0.2, 0.25) is 0 Å². The summed E-state index contributed by atoms with van der Waals surface area (Å²) in [5.74, 6) is -0.556. The Balaban J connectivity index is 2.72. The van der Waals surface area contributed by atoms with Gasteiger partial charge in [-0.05, 0) is 28.7 Å². The zero-order chi connectivity index (χ0) is 13.5. The van der Waals surface area contributed by atoms with Crippen LogP contribution < -0.4 is 0 Å². The molecule has 0 unspecified atom stereocenters. The first kappa shape index (κ1) is 14.8. The maximum absolute atomic E-state index is 11.7. The van der Waals surface area contributed by atoms with Crippen LogP contribution in [0.4, 0.5) is 5.69 Å². The summed E-state index contributed by atoms with van der Waals surface area (Å²) in [5, 5.41) is 10.6. The van der Waals surface area contributed by atoms with Gasteiger partial charge in [0, 0.05) is 35.8 Å². The highest BCUT2D eigenvalue weighted by molar-refractivity contribution is 14.1. The Morgan fingerprint density at radius 1 is 1.44 bits per heavy atom. The summed E-state index contributed by atoms with van der Waals surface area (Å²) >= 11 is 1.94. The first-order chi connectivity index (χ1) is 8.56. The van der Waals surface area contributed by atoms with Crippen molar-refractivity contribution in [1.82, 2.24) is 0 Å². The second-order valence-corrected chi connectivity index (χ2v) is 4.57. The third kappa shape index (κ3) is 4.22. The Morgan fingerprint density at radius 3 is 2.78 bits per heavy atom. The minimum atomic E-state index is -0.556. The van der Waals surface area contributed by atoms with E-state index in [1.807, 2.05) is 22.6 Å². The van der Waals surface area contributed by atoms with Gasteiger partial charge in [0.25, 0.3) is 5.69 Å². The van der Waals surface area contributed by atoms with Crippen molar-refractivity contribution in [3.63, 3.8) is 0 Å². The van der Waals surface area contributed by atoms with E-state index in [4.69, 9.17) is 9.47 Å². The van der Waals surface area contributed by atoms with Crippen molar-refractivity contribution in [1.29, 1.82) is 0 Å². The van der Waals surface area contributed by atoms with Crippen molar-refractivity contribution in [3.05, 3.63) is 37.4 Å². The molecule has 0 saturated heterocycles. The van der Waals surface area contributed by atoms with Crippen LogP contribution in [0.5, 0.6) is 0 Å². The molecule has 0 radical (unpaired) electrons. The second kappa shape index (κ2) is 7.27. The molecule has 1 rings (SSSR count). The molecule has 0 aliphatic rings. The zero-order valence-electron chi connectivity index (χ0n) is 9.72. The van der Waals surface area contributed by atoms with Crippen molar-refractivity contribution < 1.29 is 19.2 Å². The van der Waals surface area contributed by atoms with Crippen molar-refractivity contribution in [2.24, 2.45) is 0 Å². The average molecular weight is 365 g/mol. The molecule has 98 valence electrons. The van der Waals surface area contributed by atoms with Crippen LogP contribution in [-0.2, 0) is 9.47 Å². The lowest BCUT2D eigenvalue weighted by atomic mass is 10.2. The van der Waals surface area contributed by atoms with E-state index in [1.165, 1.54) is 18.2 Å². The minimum absolute atomic E-state index is 0.126. The standard InChI is InChI=1S/C11H12INO5/c1-17-5-2-6-18-11(14)9-7-8(13(15)16)3-4-10(9)12/h3-4,7H,2,5-6H2,1H3. The van der Waals surface area contributed by atoms with Gasteiger partial charge < -0.3 is 9.47 Å². The second-order valence-electron chi connectivity index (χ2n) is 3.40. The lowest BCUT2D eigenvalue weighted by molar-refractivity contribution is -0.384. The Bertz CT molecular complexity index is 449. The van der Waals surface area contributed by atoms with Crippen molar-refractivity contribution in [2.45, 2.75) is 6.42 Å². The number of ether oxygens (including phenoxy) is 2. The number of hydrogen-bond acceptors (Lipinski definition) is 5. The van der Waals surface area contributed by atoms with E-state index in [1.54, 1.807) is 7.11 Å². The Morgan fingerprint density at radius 2 is 2.17 bits per heavy atom. The highest BCUT2D eigenvalue weighted by Gasteiger charge is 2.16. The molecule has 0 N–H and O–H groups in total. The fraction of sp³-hybridized carbons (Fsp3) is 0.364. The third-order valence-corrected chi connectivity index (χ3v) is 3.05. The first-order valence-corrected chi connectivity index (χ1v) is 6.24. The van der Waals surface area contributed by atoms with Crippen molar-refractivity contribution in [2.75, 3.05) is 20.3 Å². The molecule has 0 bridgehead atoms. The van der Waals surface area contributed by atoms with Gasteiger partial charge in [-0.25, -0.2) is 4.79 Å². The maximum atomic E-state index is 11.7. The van der Waals surface area contributed by atoms with E-state index < -0.39 is 10.9 Å². The summed E-state index contributed by atoms with van der Waals surface area (Å²) in [6.07, 6.45) is 0.591. The van der Waals surface area contributed by atoms with E-state index in [9.17, 15) is 14.9 Å². The normalized spacial score (nSPS) is 10.1. The molecule has 6 nitrogen and oxygen atoms in total. The van der Waals surface area contributed by atoms with Crippen LogP contribution in [0.15, 0.2) is 18.2 Å². The number of non-ortho nitro benzene ring substituents is 1. The van der Waals surface area contributed by atoms with Crippen LogP contribution in [0.25, 0.3) is 0 Å². The predicted octanol–water partition coefficient (Wildman–Crippen LogP) is 2.39. The molecule has 7 heteroatoms. The van der Waals surface area contributed by atoms with Gasteiger partial charge in [-0.1, -0.05) is 0 Å². The molecule has 0 saturated carbocycles. The number of methoxy groups -OCH3 is 1. The molecule has 0 aliphatic carbocycles. The van der Waals surface area contributed by atoms with Crippen molar-refractivity contribution >= 4 is 34.2 Å². The fourth-order valence-electron chi connectivity index (χ4n) is 1.23. The summed E-state index contributed by atoms with van der Waals surface area (Å²) < 4.78 is 10.4. The first-order valence-electron chi connectivity index (χ1n) is 5.16. The number of nitro groups is 1. The van der Waals surface area contributed by atoms with Crippen LogP contribution in [0.3, 0.4) is 0 Å². The van der Waals surface area contributed by atoms with Crippen molar-refractivity contribution in [3.8, 4) is 0 Å². The number of esters is 1. The minimum Gasteiger partial charge on any atom is -0.462 e. The Kier molecular flexibility index (Phi) is 5.99. The van der Waals surface area contributed by atoms with E-state index in [0.29, 0.717) is 16.6 Å². The summed E-state index contributed by atoms with van der Waals surface area (Å²) in [5.41, 5.74) is 0.0847. The molecule has 0 atom stereocenters. The number of halogens is 1. The number of carbonyl (C=O) groups is 1. The molecule has 0 spiro atoms. The molecule has 0 fully saturated rings. The molecular formula is C11H12INO5. The maximum Gasteiger partial charge on any atom is 0.339 e. The van der Waals surface area contributed by atoms with Crippen LogP contribution in [0, 0.1) is 13.7 Å². The number of benzene rings is 1. The Labute approximate surface area is 118 Å². The van der Waals surface area contributed by atoms with Crippen LogP contribution in [0.2, 0.25) is 0 Å². The van der Waals surface area contributed by atoms with Gasteiger partial charge in [0.15, 0.2) is 0 Å². The molecule has 0 aromatic heterocycles. The molecule has 0 heterocycles. The number of hydrogen-bond donors (Lipinski definition) is 0. The lowest BCUT2D eigenvalue weighted by Gasteiger charge is -2.06. The number of rotatable bonds is 6. The van der Waals surface area contributed by atoms with Gasteiger partial charge in [0.1, 0.15) is 0 Å². The monoisotopic (exact) mass is 365 g/mol. The zero-order valence-corrected chi connectivity index (χ0v) is 11.9. The number of nitrogens with zero attached hydrogens (tertiary/aromatic N) is 1. The summed E-state index contributed by atoms with van der Waals surface area (Å²) in [7, 11) is 1.56. The van der Waals surface area contributed by atoms with Crippen LogP contribution >= 0.6 is 22.6 Å². The largest absolute Gasteiger partial charge is 0.462 e. The SMILES string of the molecule is COCCCOC(=O)c1cc([N+](=O)[O-])ccc1I. The van der Waals surface area contributed by atoms with Gasteiger partial charge >= 0.3 is 5.97 Å². The molecule has 0 aliphatic heterocycles. The predicted molar refractivity (Wildman–Crippen MR) is 72.6 cm³/mol. The van der Waals surface area contributed by atoms with Gasteiger partial charge in [-0.15, -0.1) is 0 Å². The molecule has 0 amide bonds. The third-order valence-electron chi connectivity index (χ3n) is 2.11. The molecular weight excluding hydrogens is 353 g/mol. The molecule has 1 aromatic carbocycles. The molecule has 1 aromatic rings. The summed E-state index contributed by atoms with van der Waals surface area (Å²) in [6.45, 7) is 0.727. The average Bonchev–Trinajstić information content (AvgIpc) is 2.34. The summed E-state index contributed by atoms with van der Waals surface area (Å²) in [6, 6.07) is 4.09. The quantitative estimate of drug-likeness (QED) is 0.254. The number of carbonyl (C=O) groups excluding carboxylic acids is 1. The van der Waals surface area contributed by atoms with Gasteiger partial charge in [0.05, 0.1) is 17.1 Å². The highest BCUT2D eigenvalue weighted by atomic mass is 127. The smallest absolute Gasteiger partial charge is 0.339 e. The highest BCUT2D eigenvalue weighted by Crippen LogP contribution is 2.20. The lowest BCUT2D eigenvalue weighted by Crippen LogP contribution is -2.10. The van der Waals surface area contributed by atoms with E-state index in [-0.39, 0.29) is 17.9 Å². The number of nitro benzene ring substituents is 1. The van der Waals surface area contributed by atoms with Crippen LogP contribution in [-0.4, -0.2) is 31.2 Å². The Hall–Kier alpha value is -1.22. The van der Waals surface area contributed by atoms with Crippen LogP contribution in [0.1, 0.15) is 16.8 Å².